The Morgan fingerprint density at radius 3 is 2.52 bits per heavy atom. The van der Waals surface area contributed by atoms with Crippen LogP contribution in [0.2, 0.25) is 0 Å². The second-order valence-corrected chi connectivity index (χ2v) is 7.08. The van der Waals surface area contributed by atoms with Crippen LogP contribution < -0.4 is 14.4 Å². The van der Waals surface area contributed by atoms with E-state index in [-0.39, 0.29) is 5.91 Å². The Balaban J connectivity index is 1.88. The number of anilines is 1. The fourth-order valence-electron chi connectivity index (χ4n) is 2.78. The predicted octanol–water partition coefficient (Wildman–Crippen LogP) is 5.11. The molecule has 29 heavy (non-hydrogen) atoms. The van der Waals surface area contributed by atoms with Crippen LogP contribution in [0.25, 0.3) is 6.08 Å². The summed E-state index contributed by atoms with van der Waals surface area (Å²) in [4.78, 5) is 19.1. The first-order valence-electron chi connectivity index (χ1n) is 8.98. The van der Waals surface area contributed by atoms with Gasteiger partial charge in [0.05, 0.1) is 26.5 Å². The number of hydrogen-bond acceptors (Lipinski definition) is 4. The fraction of sp³-hybridized carbons (Fsp3) is 0.130. The van der Waals surface area contributed by atoms with E-state index in [1.54, 1.807) is 37.5 Å². The lowest BCUT2D eigenvalue weighted by atomic mass is 10.1. The number of pyridine rings is 1. The minimum Gasteiger partial charge on any atom is -0.497 e. The molecule has 0 saturated carbocycles. The number of aromatic nitrogens is 1. The normalized spacial score (nSPS) is 10.7. The Bertz CT molecular complexity index is 989. The summed E-state index contributed by atoms with van der Waals surface area (Å²) in [5, 5.41) is 0. The molecular formula is C23H21BrN2O3. The molecule has 0 fully saturated rings. The maximum absolute atomic E-state index is 13.1. The quantitative estimate of drug-likeness (QED) is 0.467. The van der Waals surface area contributed by atoms with Crippen LogP contribution in [-0.2, 0) is 11.3 Å². The van der Waals surface area contributed by atoms with E-state index in [1.807, 2.05) is 54.6 Å². The van der Waals surface area contributed by atoms with E-state index in [0.717, 1.165) is 21.4 Å². The molecule has 148 valence electrons. The molecular weight excluding hydrogens is 432 g/mol. The van der Waals surface area contributed by atoms with Crippen LogP contribution >= 0.6 is 15.9 Å². The summed E-state index contributed by atoms with van der Waals surface area (Å²) in [6.45, 7) is 0.366. The van der Waals surface area contributed by atoms with Gasteiger partial charge in [-0.15, -0.1) is 0 Å². The molecule has 0 N–H and O–H groups in total. The minimum atomic E-state index is -0.157. The third-order valence-electron chi connectivity index (χ3n) is 4.30. The van der Waals surface area contributed by atoms with E-state index in [2.05, 4.69) is 20.9 Å². The summed E-state index contributed by atoms with van der Waals surface area (Å²) >= 11 is 3.43. The van der Waals surface area contributed by atoms with Crippen molar-refractivity contribution >= 4 is 33.6 Å². The van der Waals surface area contributed by atoms with Gasteiger partial charge in [-0.3, -0.25) is 9.78 Å². The van der Waals surface area contributed by atoms with Crippen molar-refractivity contribution in [2.75, 3.05) is 19.1 Å². The molecule has 3 aromatic rings. The molecule has 0 bridgehead atoms. The Kier molecular flexibility index (Phi) is 7.03. The Hall–Kier alpha value is -3.12. The second kappa shape index (κ2) is 9.89. The van der Waals surface area contributed by atoms with Crippen LogP contribution in [0.4, 0.5) is 5.69 Å². The average Bonchev–Trinajstić information content (AvgIpc) is 2.77. The molecule has 3 rings (SSSR count). The molecule has 0 aliphatic rings. The maximum Gasteiger partial charge on any atom is 0.251 e. The van der Waals surface area contributed by atoms with Crippen molar-refractivity contribution in [1.29, 1.82) is 0 Å². The highest BCUT2D eigenvalue weighted by atomic mass is 79.9. The van der Waals surface area contributed by atoms with Gasteiger partial charge in [0.25, 0.3) is 5.91 Å². The number of nitrogens with zero attached hydrogens (tertiary/aromatic N) is 2. The van der Waals surface area contributed by atoms with Crippen molar-refractivity contribution < 1.29 is 14.3 Å². The van der Waals surface area contributed by atoms with Crippen molar-refractivity contribution in [2.45, 2.75) is 6.54 Å². The van der Waals surface area contributed by atoms with Gasteiger partial charge in [0.2, 0.25) is 0 Å². The smallest absolute Gasteiger partial charge is 0.251 e. The molecule has 0 aliphatic heterocycles. The number of halogens is 1. The monoisotopic (exact) mass is 452 g/mol. The van der Waals surface area contributed by atoms with Gasteiger partial charge in [-0.25, -0.2) is 0 Å². The molecule has 0 saturated heterocycles. The average molecular weight is 453 g/mol. The summed E-state index contributed by atoms with van der Waals surface area (Å²) in [6.07, 6.45) is 5.00. The molecule has 0 atom stereocenters. The van der Waals surface area contributed by atoms with Crippen LogP contribution in [0.1, 0.15) is 11.3 Å². The van der Waals surface area contributed by atoms with Crippen LogP contribution in [0.5, 0.6) is 11.5 Å². The zero-order valence-electron chi connectivity index (χ0n) is 16.2. The van der Waals surface area contributed by atoms with Gasteiger partial charge >= 0.3 is 0 Å². The molecule has 1 aromatic heterocycles. The molecule has 0 spiro atoms. The fourth-order valence-corrected chi connectivity index (χ4v) is 3.04. The second-order valence-electron chi connectivity index (χ2n) is 6.16. The summed E-state index contributed by atoms with van der Waals surface area (Å²) in [7, 11) is 3.19. The lowest BCUT2D eigenvalue weighted by molar-refractivity contribution is -0.114. The number of methoxy groups -OCH3 is 2. The molecule has 2 aromatic carbocycles. The number of carbonyl (C=O) groups is 1. The Morgan fingerprint density at radius 1 is 1.07 bits per heavy atom. The van der Waals surface area contributed by atoms with E-state index < -0.39 is 0 Å². The number of rotatable bonds is 7. The Morgan fingerprint density at radius 2 is 1.86 bits per heavy atom. The van der Waals surface area contributed by atoms with E-state index >= 15 is 0 Å². The van der Waals surface area contributed by atoms with Crippen molar-refractivity contribution in [3.63, 3.8) is 0 Å². The van der Waals surface area contributed by atoms with Crippen LogP contribution in [-0.4, -0.2) is 25.1 Å². The lowest BCUT2D eigenvalue weighted by Gasteiger charge is -2.21. The minimum absolute atomic E-state index is 0.157. The summed E-state index contributed by atoms with van der Waals surface area (Å²) in [5.41, 5.74) is 2.38. The summed E-state index contributed by atoms with van der Waals surface area (Å²) in [6, 6.07) is 18.7. The van der Waals surface area contributed by atoms with Crippen molar-refractivity contribution in [2.24, 2.45) is 0 Å². The van der Waals surface area contributed by atoms with E-state index in [4.69, 9.17) is 9.47 Å². The van der Waals surface area contributed by atoms with Gasteiger partial charge in [-0.1, -0.05) is 22.0 Å². The number of benzene rings is 2. The summed E-state index contributed by atoms with van der Waals surface area (Å²) < 4.78 is 11.6. The zero-order chi connectivity index (χ0) is 20.6. The largest absolute Gasteiger partial charge is 0.497 e. The van der Waals surface area contributed by atoms with Crippen molar-refractivity contribution in [3.05, 3.63) is 88.7 Å². The van der Waals surface area contributed by atoms with Crippen LogP contribution in [0, 0.1) is 0 Å². The highest BCUT2D eigenvalue weighted by Gasteiger charge is 2.15. The summed E-state index contributed by atoms with van der Waals surface area (Å²) in [5.74, 6) is 1.17. The first kappa shape index (κ1) is 20.6. The SMILES string of the molecule is COc1ccc(C=CC(=O)N(Cc2ccccn2)c2ccc(Br)cc2)c(OC)c1. The predicted molar refractivity (Wildman–Crippen MR) is 118 cm³/mol. The van der Waals surface area contributed by atoms with E-state index in [0.29, 0.717) is 18.0 Å². The lowest BCUT2D eigenvalue weighted by Crippen LogP contribution is -2.29. The first-order chi connectivity index (χ1) is 14.1. The van der Waals surface area contributed by atoms with Gasteiger partial charge in [0, 0.05) is 34.1 Å². The maximum atomic E-state index is 13.1. The van der Waals surface area contributed by atoms with Crippen LogP contribution in [0.3, 0.4) is 0 Å². The highest BCUT2D eigenvalue weighted by molar-refractivity contribution is 9.10. The van der Waals surface area contributed by atoms with Crippen molar-refractivity contribution in [3.8, 4) is 11.5 Å². The van der Waals surface area contributed by atoms with E-state index in [9.17, 15) is 4.79 Å². The molecule has 0 unspecified atom stereocenters. The first-order valence-corrected chi connectivity index (χ1v) is 9.77. The van der Waals surface area contributed by atoms with Crippen LogP contribution in [0.15, 0.2) is 77.4 Å². The Labute approximate surface area is 178 Å². The number of ether oxygens (including phenoxy) is 2. The van der Waals surface area contributed by atoms with E-state index in [1.165, 1.54) is 6.08 Å². The van der Waals surface area contributed by atoms with Gasteiger partial charge in [-0.05, 0) is 54.6 Å². The van der Waals surface area contributed by atoms with Crippen molar-refractivity contribution in [1.82, 2.24) is 4.98 Å². The number of hydrogen-bond donors (Lipinski definition) is 0. The molecule has 0 aliphatic carbocycles. The number of carbonyl (C=O) groups excluding carboxylic acids is 1. The topological polar surface area (TPSA) is 51.7 Å². The third-order valence-corrected chi connectivity index (χ3v) is 4.83. The molecule has 1 heterocycles. The van der Waals surface area contributed by atoms with Gasteiger partial charge < -0.3 is 14.4 Å². The molecule has 6 heteroatoms. The molecule has 5 nitrogen and oxygen atoms in total. The zero-order valence-corrected chi connectivity index (χ0v) is 17.8. The third kappa shape index (κ3) is 5.45. The standard InChI is InChI=1S/C23H21BrN2O3/c1-28-21-12-6-17(22(15-21)29-2)7-13-23(27)26(16-19-5-3-4-14-25-19)20-10-8-18(24)9-11-20/h3-15H,16H2,1-2H3. The van der Waals surface area contributed by atoms with Gasteiger partial charge in [0.1, 0.15) is 11.5 Å². The number of amides is 1. The highest BCUT2D eigenvalue weighted by Crippen LogP contribution is 2.26. The molecule has 1 amide bonds. The van der Waals surface area contributed by atoms with Gasteiger partial charge in [0.15, 0.2) is 0 Å². The van der Waals surface area contributed by atoms with Gasteiger partial charge in [-0.2, -0.15) is 0 Å². The molecule has 0 radical (unpaired) electrons.